The first-order chi connectivity index (χ1) is 17.4. The molecule has 0 spiro atoms. The molecule has 0 amide bonds. The Bertz CT molecular complexity index is 1640. The molecule has 4 nitrogen and oxygen atoms in total. The maximum atomic E-state index is 4.37. The molecular weight excluding hydrogens is 428 g/mol. The molecule has 1 aliphatic heterocycles. The van der Waals surface area contributed by atoms with Crippen molar-refractivity contribution < 1.29 is 0 Å². The van der Waals surface area contributed by atoms with E-state index in [1.54, 1.807) is 6.20 Å². The molecule has 2 unspecified atom stereocenters. The van der Waals surface area contributed by atoms with Gasteiger partial charge >= 0.3 is 0 Å². The van der Waals surface area contributed by atoms with E-state index in [1.165, 1.54) is 38.5 Å². The van der Waals surface area contributed by atoms with Crippen molar-refractivity contribution in [2.45, 2.75) is 18.5 Å². The number of rotatable bonds is 3. The van der Waals surface area contributed by atoms with E-state index in [-0.39, 0.29) is 6.17 Å². The van der Waals surface area contributed by atoms with Gasteiger partial charge in [0.05, 0.1) is 5.52 Å². The zero-order valence-electron chi connectivity index (χ0n) is 19.2. The van der Waals surface area contributed by atoms with Crippen LogP contribution in [0, 0.1) is 0 Å². The third-order valence-electron chi connectivity index (χ3n) is 7.20. The van der Waals surface area contributed by atoms with Gasteiger partial charge in [-0.1, -0.05) is 54.6 Å². The molecule has 5 aromatic rings. The summed E-state index contributed by atoms with van der Waals surface area (Å²) < 4.78 is 2.44. The summed E-state index contributed by atoms with van der Waals surface area (Å²) in [5.41, 5.74) is 7.44. The van der Waals surface area contributed by atoms with Crippen LogP contribution in [0.15, 0.2) is 110 Å². The van der Waals surface area contributed by atoms with Crippen molar-refractivity contribution >= 4 is 33.3 Å². The third-order valence-corrected chi connectivity index (χ3v) is 7.20. The zero-order chi connectivity index (χ0) is 23.2. The van der Waals surface area contributed by atoms with Crippen LogP contribution in [-0.4, -0.2) is 14.5 Å². The number of dihydropyridines is 1. The van der Waals surface area contributed by atoms with Crippen molar-refractivity contribution in [1.82, 2.24) is 19.9 Å². The molecule has 7 rings (SSSR count). The van der Waals surface area contributed by atoms with E-state index in [0.717, 1.165) is 17.6 Å². The number of allylic oxidation sites excluding steroid dienone is 3. The molecule has 0 bridgehead atoms. The Balaban J connectivity index is 1.37. The van der Waals surface area contributed by atoms with Crippen molar-refractivity contribution in [2.75, 3.05) is 0 Å². The Morgan fingerprint density at radius 3 is 2.51 bits per heavy atom. The molecule has 0 fully saturated rings. The fourth-order valence-corrected chi connectivity index (χ4v) is 5.54. The molecule has 0 saturated carbocycles. The summed E-state index contributed by atoms with van der Waals surface area (Å²) in [5, 5.41) is 7.59. The number of hydrogen-bond donors (Lipinski definition) is 1. The van der Waals surface area contributed by atoms with Gasteiger partial charge in [-0.15, -0.1) is 0 Å². The second kappa shape index (κ2) is 8.10. The fraction of sp³-hybridized carbons (Fsp3) is 0.0968. The predicted molar refractivity (Wildman–Crippen MR) is 143 cm³/mol. The monoisotopic (exact) mass is 452 g/mol. The van der Waals surface area contributed by atoms with Gasteiger partial charge in [0, 0.05) is 53.5 Å². The third kappa shape index (κ3) is 3.29. The summed E-state index contributed by atoms with van der Waals surface area (Å²) in [6.07, 6.45) is 19.7. The second-order valence-electron chi connectivity index (χ2n) is 9.18. The lowest BCUT2D eigenvalue weighted by atomic mass is 9.86. The minimum atomic E-state index is 0.0300. The quantitative estimate of drug-likeness (QED) is 0.334. The Morgan fingerprint density at radius 1 is 0.829 bits per heavy atom. The highest BCUT2D eigenvalue weighted by atomic mass is 15.2. The lowest BCUT2D eigenvalue weighted by Gasteiger charge is -2.25. The van der Waals surface area contributed by atoms with Gasteiger partial charge in [-0.25, -0.2) is 0 Å². The maximum absolute atomic E-state index is 4.37. The average molecular weight is 453 g/mol. The molecular formula is C31H24N4. The zero-order valence-corrected chi connectivity index (χ0v) is 19.2. The van der Waals surface area contributed by atoms with Gasteiger partial charge in [-0.2, -0.15) is 0 Å². The highest BCUT2D eigenvalue weighted by Crippen LogP contribution is 2.41. The summed E-state index contributed by atoms with van der Waals surface area (Å²) in [6, 6.07) is 21.5. The van der Waals surface area contributed by atoms with Crippen LogP contribution in [0.2, 0.25) is 0 Å². The molecule has 4 heteroatoms. The van der Waals surface area contributed by atoms with Gasteiger partial charge in [-0.05, 0) is 64.2 Å². The van der Waals surface area contributed by atoms with Gasteiger partial charge in [0.15, 0.2) is 0 Å². The number of nitrogens with one attached hydrogen (secondary N) is 1. The maximum Gasteiger partial charge on any atom is 0.123 e. The predicted octanol–water partition coefficient (Wildman–Crippen LogP) is 6.64. The molecule has 2 aliphatic rings. The number of nitrogens with zero attached hydrogens (tertiary/aromatic N) is 3. The number of aromatic nitrogens is 3. The minimum absolute atomic E-state index is 0.0300. The lowest BCUT2D eigenvalue weighted by Crippen LogP contribution is -2.24. The number of pyridine rings is 2. The normalized spacial score (nSPS) is 18.9. The number of benzene rings is 2. The molecule has 1 N–H and O–H groups in total. The van der Waals surface area contributed by atoms with Gasteiger partial charge in [0.25, 0.3) is 0 Å². The topological polar surface area (TPSA) is 42.7 Å². The highest BCUT2D eigenvalue weighted by molar-refractivity contribution is 6.10. The van der Waals surface area contributed by atoms with Gasteiger partial charge < -0.3 is 9.88 Å². The molecule has 168 valence electrons. The second-order valence-corrected chi connectivity index (χ2v) is 9.18. The minimum Gasteiger partial charge on any atom is -0.367 e. The van der Waals surface area contributed by atoms with E-state index >= 15 is 0 Å². The summed E-state index contributed by atoms with van der Waals surface area (Å²) in [6.45, 7) is 0. The molecule has 0 radical (unpaired) electrons. The SMILES string of the molecule is C1=CC(n2c3c(c4c5ccccc5ccc42)CC(c2cccnc2)C=C3)NC=C1c1cccnc1. The molecule has 35 heavy (non-hydrogen) atoms. The smallest absolute Gasteiger partial charge is 0.123 e. The van der Waals surface area contributed by atoms with Crippen LogP contribution in [0.4, 0.5) is 0 Å². The van der Waals surface area contributed by atoms with Crippen LogP contribution in [0.25, 0.3) is 33.3 Å². The van der Waals surface area contributed by atoms with Crippen molar-refractivity contribution in [3.05, 3.63) is 132 Å². The standard InChI is InChI=1S/C31H24N4/c1-2-8-26-21(5-1)9-13-29-31(26)27-17-22(23-6-3-15-32-18-23)10-12-28(27)35(29)30-14-11-25(20-34-30)24-7-4-16-33-19-24/h1-16,18-20,22,30,34H,17H2. The van der Waals surface area contributed by atoms with Crippen molar-refractivity contribution in [3.63, 3.8) is 0 Å². The van der Waals surface area contributed by atoms with Crippen LogP contribution < -0.4 is 5.32 Å². The molecule has 2 aromatic carbocycles. The lowest BCUT2D eigenvalue weighted by molar-refractivity contribution is 0.558. The van der Waals surface area contributed by atoms with E-state index in [4.69, 9.17) is 0 Å². The first-order valence-electron chi connectivity index (χ1n) is 12.0. The summed E-state index contributed by atoms with van der Waals surface area (Å²) in [4.78, 5) is 8.64. The van der Waals surface area contributed by atoms with Crippen LogP contribution >= 0.6 is 0 Å². The van der Waals surface area contributed by atoms with E-state index < -0.39 is 0 Å². The largest absolute Gasteiger partial charge is 0.367 e. The average Bonchev–Trinajstić information content (AvgIpc) is 3.28. The summed E-state index contributed by atoms with van der Waals surface area (Å²) in [7, 11) is 0. The summed E-state index contributed by atoms with van der Waals surface area (Å²) in [5.74, 6) is 0.321. The highest BCUT2D eigenvalue weighted by Gasteiger charge is 2.27. The Hall–Kier alpha value is -4.44. The molecule has 3 aromatic heterocycles. The van der Waals surface area contributed by atoms with Crippen molar-refractivity contribution in [1.29, 1.82) is 0 Å². The van der Waals surface area contributed by atoms with Gasteiger partial charge in [-0.3, -0.25) is 9.97 Å². The number of hydrogen-bond acceptors (Lipinski definition) is 3. The van der Waals surface area contributed by atoms with E-state index in [1.807, 2.05) is 30.7 Å². The van der Waals surface area contributed by atoms with E-state index in [9.17, 15) is 0 Å². The number of fused-ring (bicyclic) bond motifs is 5. The fourth-order valence-electron chi connectivity index (χ4n) is 5.54. The first kappa shape index (κ1) is 20.0. The van der Waals surface area contributed by atoms with Crippen molar-refractivity contribution in [2.24, 2.45) is 0 Å². The molecule has 1 aliphatic carbocycles. The molecule has 0 saturated heterocycles. The van der Waals surface area contributed by atoms with Crippen LogP contribution in [0.5, 0.6) is 0 Å². The van der Waals surface area contributed by atoms with Gasteiger partial charge in [0.1, 0.15) is 6.17 Å². The van der Waals surface area contributed by atoms with Gasteiger partial charge in [0.2, 0.25) is 0 Å². The van der Waals surface area contributed by atoms with E-state index in [2.05, 4.69) is 98.9 Å². The molecule has 4 heterocycles. The summed E-state index contributed by atoms with van der Waals surface area (Å²) >= 11 is 0. The Kier molecular flexibility index (Phi) is 4.62. The Morgan fingerprint density at radius 2 is 1.71 bits per heavy atom. The Labute approximate surface area is 204 Å². The molecule has 2 atom stereocenters. The van der Waals surface area contributed by atoms with Crippen LogP contribution in [0.3, 0.4) is 0 Å². The van der Waals surface area contributed by atoms with Crippen molar-refractivity contribution in [3.8, 4) is 0 Å². The van der Waals surface area contributed by atoms with Crippen LogP contribution in [-0.2, 0) is 6.42 Å². The van der Waals surface area contributed by atoms with E-state index in [0.29, 0.717) is 5.92 Å². The van der Waals surface area contributed by atoms with Crippen LogP contribution in [0.1, 0.15) is 34.5 Å². The first-order valence-corrected chi connectivity index (χ1v) is 12.0.